The summed E-state index contributed by atoms with van der Waals surface area (Å²) < 4.78 is 0. The van der Waals surface area contributed by atoms with Crippen molar-refractivity contribution in [1.82, 2.24) is 19.8 Å². The first-order valence-corrected chi connectivity index (χ1v) is 8.73. The highest BCUT2D eigenvalue weighted by Gasteiger charge is 2.42. The van der Waals surface area contributed by atoms with Gasteiger partial charge < -0.3 is 19.9 Å². The summed E-state index contributed by atoms with van der Waals surface area (Å²) in [5, 5.41) is 9.83. The highest BCUT2D eigenvalue weighted by atomic mass is 16.3. The lowest BCUT2D eigenvalue weighted by molar-refractivity contribution is -0.160. The Morgan fingerprint density at radius 2 is 2.20 bits per heavy atom. The molecule has 0 bridgehead atoms. The summed E-state index contributed by atoms with van der Waals surface area (Å²) in [6, 6.07) is 5.47. The number of rotatable bonds is 3. The molecule has 25 heavy (non-hydrogen) atoms. The van der Waals surface area contributed by atoms with E-state index in [0.717, 1.165) is 22.4 Å². The summed E-state index contributed by atoms with van der Waals surface area (Å²) in [5.74, 6) is 0.721. The van der Waals surface area contributed by atoms with E-state index in [1.807, 2.05) is 25.1 Å². The number of piperidine rings is 1. The summed E-state index contributed by atoms with van der Waals surface area (Å²) in [6.07, 6.45) is 0.956. The van der Waals surface area contributed by atoms with E-state index < -0.39 is 12.1 Å². The highest BCUT2D eigenvalue weighted by molar-refractivity contribution is 5.95. The van der Waals surface area contributed by atoms with Crippen molar-refractivity contribution in [2.75, 3.05) is 19.6 Å². The summed E-state index contributed by atoms with van der Waals surface area (Å²) in [4.78, 5) is 36.1. The Balaban J connectivity index is 1.47. The van der Waals surface area contributed by atoms with Gasteiger partial charge in [-0.3, -0.25) is 9.59 Å². The van der Waals surface area contributed by atoms with Gasteiger partial charge in [-0.1, -0.05) is 12.1 Å². The molecule has 1 aromatic heterocycles. The van der Waals surface area contributed by atoms with Gasteiger partial charge in [0.05, 0.1) is 23.7 Å². The highest BCUT2D eigenvalue weighted by Crippen LogP contribution is 2.24. The maximum atomic E-state index is 12.7. The molecule has 2 aliphatic heterocycles. The van der Waals surface area contributed by atoms with E-state index in [4.69, 9.17) is 0 Å². The molecule has 4 rings (SSSR count). The van der Waals surface area contributed by atoms with Crippen LogP contribution in [0.1, 0.15) is 24.2 Å². The van der Waals surface area contributed by atoms with Crippen molar-refractivity contribution in [1.29, 1.82) is 0 Å². The van der Waals surface area contributed by atoms with Gasteiger partial charge in [0.25, 0.3) is 0 Å². The van der Waals surface area contributed by atoms with E-state index >= 15 is 0 Å². The Morgan fingerprint density at radius 1 is 1.36 bits per heavy atom. The Morgan fingerprint density at radius 3 is 3.00 bits per heavy atom. The zero-order valence-electron chi connectivity index (χ0n) is 14.2. The van der Waals surface area contributed by atoms with Crippen LogP contribution in [0.3, 0.4) is 0 Å². The van der Waals surface area contributed by atoms with Gasteiger partial charge in [-0.15, -0.1) is 0 Å². The minimum absolute atomic E-state index is 0.0306. The second kappa shape index (κ2) is 6.15. The molecule has 0 aliphatic carbocycles. The average Bonchev–Trinajstić information content (AvgIpc) is 3.01. The SMILES string of the molecule is Cc1cccc2[nH]c(CCN3CC(=O)N4CC[C@@H](O)C[C@H]4C3=O)nc12. The first-order chi connectivity index (χ1) is 12.0. The number of amides is 2. The van der Waals surface area contributed by atoms with E-state index in [0.29, 0.717) is 32.4 Å². The molecular formula is C18H22N4O3. The number of hydrogen-bond acceptors (Lipinski definition) is 4. The second-order valence-corrected chi connectivity index (χ2v) is 6.95. The molecule has 1 aromatic carbocycles. The number of carbonyl (C=O) groups is 2. The fraction of sp³-hybridized carbons (Fsp3) is 0.500. The van der Waals surface area contributed by atoms with Crippen molar-refractivity contribution in [3.63, 3.8) is 0 Å². The monoisotopic (exact) mass is 342 g/mol. The normalized spacial score (nSPS) is 24.1. The van der Waals surface area contributed by atoms with Crippen molar-refractivity contribution in [2.24, 2.45) is 0 Å². The maximum absolute atomic E-state index is 12.7. The number of aliphatic hydroxyl groups is 1. The molecule has 7 nitrogen and oxygen atoms in total. The van der Waals surface area contributed by atoms with Crippen LogP contribution in [0.2, 0.25) is 0 Å². The predicted molar refractivity (Wildman–Crippen MR) is 91.9 cm³/mol. The molecule has 0 spiro atoms. The van der Waals surface area contributed by atoms with Gasteiger partial charge in [-0.05, 0) is 25.0 Å². The third-order valence-corrected chi connectivity index (χ3v) is 5.20. The van der Waals surface area contributed by atoms with Crippen LogP contribution in [0.5, 0.6) is 0 Å². The van der Waals surface area contributed by atoms with Gasteiger partial charge >= 0.3 is 0 Å². The smallest absolute Gasteiger partial charge is 0.245 e. The standard InChI is InChI=1S/C18H22N4O3/c1-11-3-2-4-13-17(11)20-15(19-13)6-7-21-10-16(24)22-8-5-12(23)9-14(22)18(21)25/h2-4,12,14,23H,5-10H2,1H3,(H,19,20)/t12-,14+/m1/s1. The Hall–Kier alpha value is -2.41. The second-order valence-electron chi connectivity index (χ2n) is 6.95. The Bertz CT molecular complexity index is 831. The molecule has 2 amide bonds. The van der Waals surface area contributed by atoms with Gasteiger partial charge in [-0.25, -0.2) is 4.98 Å². The van der Waals surface area contributed by atoms with Gasteiger partial charge in [0, 0.05) is 25.9 Å². The molecule has 0 radical (unpaired) electrons. The lowest BCUT2D eigenvalue weighted by Crippen LogP contribution is -2.63. The number of carbonyl (C=O) groups excluding carboxylic acids is 2. The summed E-state index contributed by atoms with van der Waals surface area (Å²) >= 11 is 0. The summed E-state index contributed by atoms with van der Waals surface area (Å²) in [5.41, 5.74) is 3.04. The number of aryl methyl sites for hydroxylation is 1. The van der Waals surface area contributed by atoms with Gasteiger partial charge in [0.2, 0.25) is 11.8 Å². The van der Waals surface area contributed by atoms with E-state index in [1.165, 1.54) is 0 Å². The van der Waals surface area contributed by atoms with Crippen LogP contribution < -0.4 is 0 Å². The minimum atomic E-state index is -0.511. The van der Waals surface area contributed by atoms with Crippen molar-refractivity contribution < 1.29 is 14.7 Å². The first-order valence-electron chi connectivity index (χ1n) is 8.73. The largest absolute Gasteiger partial charge is 0.393 e. The lowest BCUT2D eigenvalue weighted by atomic mass is 9.96. The molecule has 3 heterocycles. The van der Waals surface area contributed by atoms with Crippen molar-refractivity contribution in [2.45, 2.75) is 38.3 Å². The van der Waals surface area contributed by atoms with E-state index in [-0.39, 0.29) is 18.4 Å². The summed E-state index contributed by atoms with van der Waals surface area (Å²) in [6.45, 7) is 3.05. The topological polar surface area (TPSA) is 89.5 Å². The van der Waals surface area contributed by atoms with Crippen LogP contribution >= 0.6 is 0 Å². The zero-order valence-corrected chi connectivity index (χ0v) is 14.2. The van der Waals surface area contributed by atoms with Crippen molar-refractivity contribution >= 4 is 22.8 Å². The predicted octanol–water partition coefficient (Wildman–Crippen LogP) is 0.608. The van der Waals surface area contributed by atoms with E-state index in [2.05, 4.69) is 9.97 Å². The molecule has 7 heteroatoms. The van der Waals surface area contributed by atoms with Crippen LogP contribution in [0.15, 0.2) is 18.2 Å². The molecule has 0 saturated carbocycles. The van der Waals surface area contributed by atoms with Crippen LogP contribution in [0, 0.1) is 6.92 Å². The summed E-state index contributed by atoms with van der Waals surface area (Å²) in [7, 11) is 0. The number of aromatic amines is 1. The third-order valence-electron chi connectivity index (χ3n) is 5.20. The molecule has 2 aliphatic rings. The van der Waals surface area contributed by atoms with E-state index in [9.17, 15) is 14.7 Å². The average molecular weight is 342 g/mol. The molecule has 2 N–H and O–H groups in total. The number of fused-ring (bicyclic) bond motifs is 2. The number of nitrogens with zero attached hydrogens (tertiary/aromatic N) is 3. The molecule has 2 aromatic rings. The van der Waals surface area contributed by atoms with E-state index in [1.54, 1.807) is 9.80 Å². The van der Waals surface area contributed by atoms with Crippen LogP contribution in [-0.4, -0.2) is 68.5 Å². The Kier molecular flexibility index (Phi) is 3.95. The fourth-order valence-electron chi connectivity index (χ4n) is 3.80. The number of hydrogen-bond donors (Lipinski definition) is 2. The number of aliphatic hydroxyl groups excluding tert-OH is 1. The first kappa shape index (κ1) is 16.1. The molecule has 132 valence electrons. The van der Waals surface area contributed by atoms with Crippen LogP contribution in [0.25, 0.3) is 11.0 Å². The van der Waals surface area contributed by atoms with Crippen molar-refractivity contribution in [3.8, 4) is 0 Å². The zero-order chi connectivity index (χ0) is 17.6. The quantitative estimate of drug-likeness (QED) is 0.855. The maximum Gasteiger partial charge on any atom is 0.245 e. The van der Waals surface area contributed by atoms with Gasteiger partial charge in [-0.2, -0.15) is 0 Å². The fourth-order valence-corrected chi connectivity index (χ4v) is 3.80. The molecular weight excluding hydrogens is 320 g/mol. The number of imidazole rings is 1. The minimum Gasteiger partial charge on any atom is -0.393 e. The number of H-pyrrole nitrogens is 1. The van der Waals surface area contributed by atoms with Crippen LogP contribution in [0.4, 0.5) is 0 Å². The number of piperazine rings is 1. The number of nitrogens with one attached hydrogen (secondary N) is 1. The van der Waals surface area contributed by atoms with Crippen LogP contribution in [-0.2, 0) is 16.0 Å². The molecule has 2 fully saturated rings. The number of benzene rings is 1. The third kappa shape index (κ3) is 2.89. The lowest BCUT2D eigenvalue weighted by Gasteiger charge is -2.43. The molecule has 2 saturated heterocycles. The molecule has 0 unspecified atom stereocenters. The Labute approximate surface area is 145 Å². The number of aromatic nitrogens is 2. The molecule has 2 atom stereocenters. The van der Waals surface area contributed by atoms with Gasteiger partial charge in [0.1, 0.15) is 11.9 Å². The van der Waals surface area contributed by atoms with Crippen molar-refractivity contribution in [3.05, 3.63) is 29.6 Å². The van der Waals surface area contributed by atoms with Gasteiger partial charge in [0.15, 0.2) is 0 Å². The number of para-hydroxylation sites is 1.